The standard InChI is InChI=1S/C18H27N3O/c22-18(13-17-7-4-10-19-17)20-16-8-11-21(12-9-16)14-15-5-2-1-3-6-15/h1-3,5-6,16-17,19H,4,7-14H2,(H,20,22). The van der Waals surface area contributed by atoms with Gasteiger partial charge in [-0.2, -0.15) is 0 Å². The summed E-state index contributed by atoms with van der Waals surface area (Å²) in [4.78, 5) is 14.6. The lowest BCUT2D eigenvalue weighted by molar-refractivity contribution is -0.122. The fourth-order valence-electron chi connectivity index (χ4n) is 3.52. The van der Waals surface area contributed by atoms with Crippen molar-refractivity contribution in [2.45, 2.75) is 50.7 Å². The molecule has 4 nitrogen and oxygen atoms in total. The number of carbonyl (C=O) groups excluding carboxylic acids is 1. The summed E-state index contributed by atoms with van der Waals surface area (Å²) in [6.45, 7) is 4.23. The molecule has 0 aliphatic carbocycles. The molecule has 1 atom stereocenters. The molecule has 2 fully saturated rings. The number of likely N-dealkylation sites (tertiary alicyclic amines) is 1. The van der Waals surface area contributed by atoms with Crippen molar-refractivity contribution in [2.24, 2.45) is 0 Å². The second-order valence-corrected chi connectivity index (χ2v) is 6.60. The van der Waals surface area contributed by atoms with Crippen LogP contribution in [0.3, 0.4) is 0 Å². The number of benzene rings is 1. The Hall–Kier alpha value is -1.39. The van der Waals surface area contributed by atoms with Crippen LogP contribution in [0.2, 0.25) is 0 Å². The first kappa shape index (κ1) is 15.5. The summed E-state index contributed by atoms with van der Waals surface area (Å²) < 4.78 is 0. The molecule has 2 aliphatic heterocycles. The van der Waals surface area contributed by atoms with Crippen LogP contribution in [0.4, 0.5) is 0 Å². The molecule has 0 radical (unpaired) electrons. The Kier molecular flexibility index (Phi) is 5.46. The van der Waals surface area contributed by atoms with Crippen molar-refractivity contribution in [1.29, 1.82) is 0 Å². The molecular weight excluding hydrogens is 274 g/mol. The summed E-state index contributed by atoms with van der Waals surface area (Å²) in [7, 11) is 0. The molecule has 0 spiro atoms. The molecule has 2 N–H and O–H groups in total. The van der Waals surface area contributed by atoms with Gasteiger partial charge in [0.2, 0.25) is 5.91 Å². The summed E-state index contributed by atoms with van der Waals surface area (Å²) in [5.74, 6) is 0.223. The molecule has 0 saturated carbocycles. The van der Waals surface area contributed by atoms with E-state index in [4.69, 9.17) is 0 Å². The summed E-state index contributed by atoms with van der Waals surface area (Å²) in [5.41, 5.74) is 1.37. The summed E-state index contributed by atoms with van der Waals surface area (Å²) in [5, 5.41) is 6.61. The van der Waals surface area contributed by atoms with E-state index in [0.29, 0.717) is 18.5 Å². The molecule has 1 aromatic carbocycles. The van der Waals surface area contributed by atoms with Gasteiger partial charge in [-0.25, -0.2) is 0 Å². The Labute approximate surface area is 133 Å². The van der Waals surface area contributed by atoms with Crippen molar-refractivity contribution in [3.8, 4) is 0 Å². The zero-order chi connectivity index (χ0) is 15.2. The van der Waals surface area contributed by atoms with Gasteiger partial charge < -0.3 is 10.6 Å². The fraction of sp³-hybridized carbons (Fsp3) is 0.611. The van der Waals surface area contributed by atoms with Gasteiger partial charge >= 0.3 is 0 Å². The van der Waals surface area contributed by atoms with E-state index in [-0.39, 0.29) is 5.91 Å². The molecule has 1 unspecified atom stereocenters. The minimum absolute atomic E-state index is 0.223. The SMILES string of the molecule is O=C(CC1CCCN1)NC1CCN(Cc2ccccc2)CC1. The Morgan fingerprint density at radius 1 is 1.18 bits per heavy atom. The van der Waals surface area contributed by atoms with E-state index in [9.17, 15) is 4.79 Å². The highest BCUT2D eigenvalue weighted by atomic mass is 16.1. The second kappa shape index (κ2) is 7.75. The molecule has 22 heavy (non-hydrogen) atoms. The Balaban J connectivity index is 1.37. The van der Waals surface area contributed by atoms with Crippen molar-refractivity contribution >= 4 is 5.91 Å². The topological polar surface area (TPSA) is 44.4 Å². The number of hydrogen-bond donors (Lipinski definition) is 2. The smallest absolute Gasteiger partial charge is 0.221 e. The first-order valence-corrected chi connectivity index (χ1v) is 8.58. The number of nitrogens with zero attached hydrogens (tertiary/aromatic N) is 1. The Morgan fingerprint density at radius 2 is 1.95 bits per heavy atom. The number of amides is 1. The van der Waals surface area contributed by atoms with Crippen molar-refractivity contribution in [3.05, 3.63) is 35.9 Å². The van der Waals surface area contributed by atoms with E-state index in [1.54, 1.807) is 0 Å². The number of nitrogens with one attached hydrogen (secondary N) is 2. The molecule has 2 heterocycles. The van der Waals surface area contributed by atoms with Crippen LogP contribution in [0.25, 0.3) is 0 Å². The van der Waals surface area contributed by atoms with E-state index in [1.807, 2.05) is 0 Å². The number of hydrogen-bond acceptors (Lipinski definition) is 3. The van der Waals surface area contributed by atoms with E-state index in [0.717, 1.165) is 45.4 Å². The number of rotatable bonds is 5. The van der Waals surface area contributed by atoms with Crippen LogP contribution >= 0.6 is 0 Å². The zero-order valence-corrected chi connectivity index (χ0v) is 13.3. The van der Waals surface area contributed by atoms with Gasteiger partial charge in [-0.1, -0.05) is 30.3 Å². The minimum Gasteiger partial charge on any atom is -0.353 e. The van der Waals surface area contributed by atoms with Crippen molar-refractivity contribution < 1.29 is 4.79 Å². The predicted octanol–water partition coefficient (Wildman–Crippen LogP) is 1.91. The third-order valence-corrected chi connectivity index (χ3v) is 4.80. The maximum atomic E-state index is 12.1. The highest BCUT2D eigenvalue weighted by Gasteiger charge is 2.23. The maximum Gasteiger partial charge on any atom is 0.221 e. The van der Waals surface area contributed by atoms with Crippen LogP contribution in [0.1, 0.15) is 37.7 Å². The molecule has 3 rings (SSSR count). The normalized spacial score (nSPS) is 23.5. The molecule has 0 aromatic heterocycles. The van der Waals surface area contributed by atoms with Crippen molar-refractivity contribution in [3.63, 3.8) is 0 Å². The van der Waals surface area contributed by atoms with E-state index < -0.39 is 0 Å². The van der Waals surface area contributed by atoms with Crippen molar-refractivity contribution in [2.75, 3.05) is 19.6 Å². The second-order valence-electron chi connectivity index (χ2n) is 6.60. The van der Waals surface area contributed by atoms with Crippen LogP contribution in [-0.2, 0) is 11.3 Å². The average molecular weight is 301 g/mol. The summed E-state index contributed by atoms with van der Waals surface area (Å²) in [6.07, 6.45) is 5.12. The van der Waals surface area contributed by atoms with Crippen LogP contribution < -0.4 is 10.6 Å². The zero-order valence-electron chi connectivity index (χ0n) is 13.3. The first-order chi connectivity index (χ1) is 10.8. The van der Waals surface area contributed by atoms with Gasteiger partial charge in [0, 0.05) is 38.1 Å². The van der Waals surface area contributed by atoms with Gasteiger partial charge in [0.25, 0.3) is 0 Å². The monoisotopic (exact) mass is 301 g/mol. The van der Waals surface area contributed by atoms with Gasteiger partial charge in [-0.05, 0) is 37.8 Å². The van der Waals surface area contributed by atoms with Crippen LogP contribution in [0, 0.1) is 0 Å². The molecule has 120 valence electrons. The third kappa shape index (κ3) is 4.55. The van der Waals surface area contributed by atoms with E-state index in [2.05, 4.69) is 45.9 Å². The lowest BCUT2D eigenvalue weighted by Crippen LogP contribution is -2.45. The predicted molar refractivity (Wildman–Crippen MR) is 88.5 cm³/mol. The molecule has 4 heteroatoms. The largest absolute Gasteiger partial charge is 0.353 e. The summed E-state index contributed by atoms with van der Waals surface area (Å²) in [6, 6.07) is 11.4. The van der Waals surface area contributed by atoms with Crippen LogP contribution in [0.5, 0.6) is 0 Å². The van der Waals surface area contributed by atoms with Gasteiger partial charge in [0.1, 0.15) is 0 Å². The first-order valence-electron chi connectivity index (χ1n) is 8.58. The molecular formula is C18H27N3O. The van der Waals surface area contributed by atoms with Gasteiger partial charge in [0.15, 0.2) is 0 Å². The number of piperidine rings is 1. The fourth-order valence-corrected chi connectivity index (χ4v) is 3.52. The number of carbonyl (C=O) groups is 1. The van der Waals surface area contributed by atoms with Crippen LogP contribution in [0.15, 0.2) is 30.3 Å². The Morgan fingerprint density at radius 3 is 2.64 bits per heavy atom. The van der Waals surface area contributed by atoms with Gasteiger partial charge in [-0.15, -0.1) is 0 Å². The molecule has 2 saturated heterocycles. The molecule has 0 bridgehead atoms. The molecule has 2 aliphatic rings. The average Bonchev–Trinajstić information content (AvgIpc) is 3.03. The lowest BCUT2D eigenvalue weighted by atomic mass is 10.0. The summed E-state index contributed by atoms with van der Waals surface area (Å²) >= 11 is 0. The quantitative estimate of drug-likeness (QED) is 0.873. The van der Waals surface area contributed by atoms with Crippen molar-refractivity contribution in [1.82, 2.24) is 15.5 Å². The highest BCUT2D eigenvalue weighted by Crippen LogP contribution is 2.15. The highest BCUT2D eigenvalue weighted by molar-refractivity contribution is 5.76. The Bertz CT molecular complexity index is 462. The molecule has 1 amide bonds. The van der Waals surface area contributed by atoms with Gasteiger partial charge in [-0.3, -0.25) is 9.69 Å². The lowest BCUT2D eigenvalue weighted by Gasteiger charge is -2.32. The minimum atomic E-state index is 0.223. The molecule has 1 aromatic rings. The van der Waals surface area contributed by atoms with Crippen LogP contribution in [-0.4, -0.2) is 42.5 Å². The maximum absolute atomic E-state index is 12.1. The van der Waals surface area contributed by atoms with E-state index in [1.165, 1.54) is 12.0 Å². The third-order valence-electron chi connectivity index (χ3n) is 4.80. The van der Waals surface area contributed by atoms with Gasteiger partial charge in [0.05, 0.1) is 0 Å². The van der Waals surface area contributed by atoms with E-state index >= 15 is 0 Å².